The molecule has 0 saturated carbocycles. The van der Waals surface area contributed by atoms with E-state index >= 15 is 0 Å². The van der Waals surface area contributed by atoms with Crippen LogP contribution >= 0.6 is 0 Å². The maximum Gasteiger partial charge on any atom is 0.290 e. The number of rotatable bonds is 5. The lowest BCUT2D eigenvalue weighted by molar-refractivity contribution is 0.0897. The Morgan fingerprint density at radius 3 is 2.84 bits per heavy atom. The summed E-state index contributed by atoms with van der Waals surface area (Å²) in [5.41, 5.74) is 1.52. The van der Waals surface area contributed by atoms with Gasteiger partial charge < -0.3 is 14.9 Å². The molecule has 0 aliphatic rings. The Balaban J connectivity index is 2.07. The zero-order valence-electron chi connectivity index (χ0n) is 10.7. The van der Waals surface area contributed by atoms with Crippen molar-refractivity contribution < 1.29 is 14.4 Å². The average molecular weight is 260 g/mol. The van der Waals surface area contributed by atoms with Gasteiger partial charge in [0, 0.05) is 24.3 Å². The summed E-state index contributed by atoms with van der Waals surface area (Å²) in [5, 5.41) is 15.4. The van der Waals surface area contributed by atoms with Gasteiger partial charge in [-0.05, 0) is 13.3 Å². The topological polar surface area (TPSA) is 75.4 Å². The SMILES string of the molecule is C[C@H](CCO)NC(=O)c1cc(-c2ccccc2)no1. The molecular formula is C14H16N2O3. The molecule has 1 aromatic heterocycles. The van der Waals surface area contributed by atoms with Crippen LogP contribution in [0.15, 0.2) is 40.9 Å². The molecule has 5 nitrogen and oxygen atoms in total. The summed E-state index contributed by atoms with van der Waals surface area (Å²) in [6.45, 7) is 1.86. The molecule has 2 rings (SSSR count). The summed E-state index contributed by atoms with van der Waals surface area (Å²) >= 11 is 0. The van der Waals surface area contributed by atoms with E-state index in [0.717, 1.165) is 5.56 Å². The predicted molar refractivity (Wildman–Crippen MR) is 70.6 cm³/mol. The number of nitrogens with zero attached hydrogens (tertiary/aromatic N) is 1. The number of benzene rings is 1. The van der Waals surface area contributed by atoms with Gasteiger partial charge in [-0.3, -0.25) is 4.79 Å². The van der Waals surface area contributed by atoms with Crippen molar-refractivity contribution in [1.29, 1.82) is 0 Å². The number of carbonyl (C=O) groups excluding carboxylic acids is 1. The van der Waals surface area contributed by atoms with Gasteiger partial charge in [0.15, 0.2) is 0 Å². The van der Waals surface area contributed by atoms with Gasteiger partial charge in [-0.2, -0.15) is 0 Å². The van der Waals surface area contributed by atoms with Crippen LogP contribution in [0, 0.1) is 0 Å². The Morgan fingerprint density at radius 2 is 2.16 bits per heavy atom. The lowest BCUT2D eigenvalue weighted by Crippen LogP contribution is -2.32. The van der Waals surface area contributed by atoms with E-state index < -0.39 is 0 Å². The van der Waals surface area contributed by atoms with Gasteiger partial charge in [0.25, 0.3) is 5.91 Å². The molecule has 0 fully saturated rings. The van der Waals surface area contributed by atoms with E-state index in [9.17, 15) is 4.79 Å². The highest BCUT2D eigenvalue weighted by Gasteiger charge is 2.15. The van der Waals surface area contributed by atoms with Crippen molar-refractivity contribution in [1.82, 2.24) is 10.5 Å². The van der Waals surface area contributed by atoms with Crippen LogP contribution in [0.4, 0.5) is 0 Å². The summed E-state index contributed by atoms with van der Waals surface area (Å²) < 4.78 is 5.04. The number of hydrogen-bond acceptors (Lipinski definition) is 4. The maximum absolute atomic E-state index is 11.8. The lowest BCUT2D eigenvalue weighted by Gasteiger charge is -2.09. The first-order valence-electron chi connectivity index (χ1n) is 6.14. The van der Waals surface area contributed by atoms with Gasteiger partial charge in [-0.25, -0.2) is 0 Å². The Bertz CT molecular complexity index is 537. The highest BCUT2D eigenvalue weighted by Crippen LogP contribution is 2.18. The molecule has 0 bridgehead atoms. The number of amides is 1. The summed E-state index contributed by atoms with van der Waals surface area (Å²) in [5.74, 6) is -0.153. The third kappa shape index (κ3) is 3.42. The van der Waals surface area contributed by atoms with Gasteiger partial charge in [0.2, 0.25) is 5.76 Å². The molecule has 100 valence electrons. The first-order chi connectivity index (χ1) is 9.20. The first-order valence-corrected chi connectivity index (χ1v) is 6.14. The highest BCUT2D eigenvalue weighted by atomic mass is 16.5. The molecule has 1 heterocycles. The summed E-state index contributed by atoms with van der Waals surface area (Å²) in [6.07, 6.45) is 0.505. The van der Waals surface area contributed by atoms with Crippen LogP contribution in [-0.2, 0) is 0 Å². The molecule has 0 spiro atoms. The third-order valence-corrected chi connectivity index (χ3v) is 2.74. The second-order valence-corrected chi connectivity index (χ2v) is 4.33. The van der Waals surface area contributed by atoms with E-state index in [1.807, 2.05) is 37.3 Å². The standard InChI is InChI=1S/C14H16N2O3/c1-10(7-8-17)15-14(18)13-9-12(16-19-13)11-5-3-2-4-6-11/h2-6,9-10,17H,7-8H2,1H3,(H,15,18)/t10-/m1/s1. The van der Waals surface area contributed by atoms with E-state index in [0.29, 0.717) is 12.1 Å². The van der Waals surface area contributed by atoms with Gasteiger partial charge in [0.05, 0.1) is 0 Å². The zero-order valence-corrected chi connectivity index (χ0v) is 10.7. The van der Waals surface area contributed by atoms with E-state index in [1.165, 1.54) is 0 Å². The van der Waals surface area contributed by atoms with Crippen molar-refractivity contribution in [3.05, 3.63) is 42.2 Å². The minimum atomic E-state index is -0.323. The van der Waals surface area contributed by atoms with Crippen molar-refractivity contribution in [2.24, 2.45) is 0 Å². The van der Waals surface area contributed by atoms with Crippen molar-refractivity contribution in [3.8, 4) is 11.3 Å². The fraction of sp³-hybridized carbons (Fsp3) is 0.286. The number of aromatic nitrogens is 1. The number of nitrogens with one attached hydrogen (secondary N) is 1. The van der Waals surface area contributed by atoms with E-state index in [-0.39, 0.29) is 24.3 Å². The Morgan fingerprint density at radius 1 is 1.42 bits per heavy atom. The minimum Gasteiger partial charge on any atom is -0.396 e. The van der Waals surface area contributed by atoms with Crippen LogP contribution in [0.2, 0.25) is 0 Å². The molecule has 1 amide bonds. The van der Waals surface area contributed by atoms with E-state index in [1.54, 1.807) is 6.07 Å². The van der Waals surface area contributed by atoms with Gasteiger partial charge >= 0.3 is 0 Å². The molecule has 0 unspecified atom stereocenters. The van der Waals surface area contributed by atoms with Crippen LogP contribution < -0.4 is 5.32 Å². The third-order valence-electron chi connectivity index (χ3n) is 2.74. The molecule has 0 saturated heterocycles. The summed E-state index contributed by atoms with van der Waals surface area (Å²) in [7, 11) is 0. The predicted octanol–water partition coefficient (Wildman–Crippen LogP) is 1.84. The van der Waals surface area contributed by atoms with Crippen LogP contribution in [0.1, 0.15) is 23.9 Å². The van der Waals surface area contributed by atoms with Crippen molar-refractivity contribution in [3.63, 3.8) is 0 Å². The molecule has 1 aromatic carbocycles. The maximum atomic E-state index is 11.8. The van der Waals surface area contributed by atoms with Gasteiger partial charge in [0.1, 0.15) is 5.69 Å². The average Bonchev–Trinajstić information content (AvgIpc) is 2.89. The second kappa shape index (κ2) is 6.15. The molecule has 1 atom stereocenters. The van der Waals surface area contributed by atoms with Crippen molar-refractivity contribution in [2.75, 3.05) is 6.61 Å². The zero-order chi connectivity index (χ0) is 13.7. The van der Waals surface area contributed by atoms with Crippen LogP contribution in [0.3, 0.4) is 0 Å². The molecule has 19 heavy (non-hydrogen) atoms. The van der Waals surface area contributed by atoms with Crippen LogP contribution in [0.25, 0.3) is 11.3 Å². The first kappa shape index (κ1) is 13.3. The molecule has 0 radical (unpaired) electrons. The molecule has 0 aliphatic heterocycles. The smallest absolute Gasteiger partial charge is 0.290 e. The fourth-order valence-electron chi connectivity index (χ4n) is 1.69. The Hall–Kier alpha value is -2.14. The van der Waals surface area contributed by atoms with Gasteiger partial charge in [-0.1, -0.05) is 35.5 Å². The Labute approximate surface area is 111 Å². The van der Waals surface area contributed by atoms with Crippen molar-refractivity contribution in [2.45, 2.75) is 19.4 Å². The minimum absolute atomic E-state index is 0.0348. The van der Waals surface area contributed by atoms with E-state index in [4.69, 9.17) is 9.63 Å². The summed E-state index contributed by atoms with van der Waals surface area (Å²) in [6, 6.07) is 11.0. The number of aliphatic hydroxyl groups excluding tert-OH is 1. The highest BCUT2D eigenvalue weighted by molar-refractivity contribution is 5.92. The summed E-state index contributed by atoms with van der Waals surface area (Å²) in [4.78, 5) is 11.8. The number of aliphatic hydroxyl groups is 1. The van der Waals surface area contributed by atoms with Crippen molar-refractivity contribution >= 4 is 5.91 Å². The van der Waals surface area contributed by atoms with E-state index in [2.05, 4.69) is 10.5 Å². The molecule has 0 aliphatic carbocycles. The lowest BCUT2D eigenvalue weighted by atomic mass is 10.1. The molecular weight excluding hydrogens is 244 g/mol. The number of carbonyl (C=O) groups is 1. The fourth-order valence-corrected chi connectivity index (χ4v) is 1.69. The molecule has 2 N–H and O–H groups in total. The number of hydrogen-bond donors (Lipinski definition) is 2. The largest absolute Gasteiger partial charge is 0.396 e. The van der Waals surface area contributed by atoms with Crippen LogP contribution in [-0.4, -0.2) is 28.8 Å². The second-order valence-electron chi connectivity index (χ2n) is 4.33. The molecule has 2 aromatic rings. The normalized spacial score (nSPS) is 12.1. The molecule has 5 heteroatoms. The van der Waals surface area contributed by atoms with Gasteiger partial charge in [-0.15, -0.1) is 0 Å². The Kier molecular flexibility index (Phi) is 4.30. The van der Waals surface area contributed by atoms with Crippen LogP contribution in [0.5, 0.6) is 0 Å². The monoisotopic (exact) mass is 260 g/mol. The quantitative estimate of drug-likeness (QED) is 0.860.